The van der Waals surface area contributed by atoms with Crippen molar-refractivity contribution in [3.05, 3.63) is 94.0 Å². The molecule has 33 heavy (non-hydrogen) atoms. The number of methoxy groups -OCH3 is 1. The maximum atomic E-state index is 13.5. The fraction of sp³-hybridized carbons (Fsp3) is 0.250. The summed E-state index contributed by atoms with van der Waals surface area (Å²) in [5, 5.41) is 0. The van der Waals surface area contributed by atoms with Crippen LogP contribution in [0.25, 0.3) is 0 Å². The number of halogens is 3. The number of benzene rings is 3. The van der Waals surface area contributed by atoms with E-state index in [-0.39, 0.29) is 41.4 Å². The van der Waals surface area contributed by atoms with Crippen molar-refractivity contribution in [2.24, 2.45) is 0 Å². The van der Waals surface area contributed by atoms with Crippen molar-refractivity contribution in [3.63, 3.8) is 0 Å². The molecule has 0 aromatic heterocycles. The zero-order chi connectivity index (χ0) is 23.6. The monoisotopic (exact) mass is 536 g/mol. The summed E-state index contributed by atoms with van der Waals surface area (Å²) in [6.45, 7) is 1.46. The molecule has 0 aliphatic carbocycles. The summed E-state index contributed by atoms with van der Waals surface area (Å²) in [7, 11) is -2.32. The van der Waals surface area contributed by atoms with Gasteiger partial charge in [0.2, 0.25) is 10.0 Å². The Morgan fingerprint density at radius 1 is 0.848 bits per heavy atom. The molecule has 3 aromatic carbocycles. The molecule has 0 spiro atoms. The number of sulfonamides is 1. The first-order chi connectivity index (χ1) is 15.8. The van der Waals surface area contributed by atoms with Crippen LogP contribution >= 0.6 is 15.9 Å². The predicted octanol–water partition coefficient (Wildman–Crippen LogP) is 4.83. The van der Waals surface area contributed by atoms with E-state index < -0.39 is 10.0 Å². The van der Waals surface area contributed by atoms with Crippen LogP contribution in [0.3, 0.4) is 0 Å². The Bertz CT molecular complexity index is 1170. The van der Waals surface area contributed by atoms with Crippen LogP contribution in [0, 0.1) is 11.6 Å². The topological polar surface area (TPSA) is 49.9 Å². The zero-order valence-electron chi connectivity index (χ0n) is 17.9. The van der Waals surface area contributed by atoms with Crippen molar-refractivity contribution in [1.29, 1.82) is 0 Å². The summed E-state index contributed by atoms with van der Waals surface area (Å²) in [6, 6.07) is 17.0. The summed E-state index contributed by atoms with van der Waals surface area (Å²) < 4.78 is 61.1. The van der Waals surface area contributed by atoms with Gasteiger partial charge in [-0.05, 0) is 53.6 Å². The largest absolute Gasteiger partial charge is 0.495 e. The van der Waals surface area contributed by atoms with Crippen molar-refractivity contribution in [2.45, 2.75) is 10.9 Å². The van der Waals surface area contributed by atoms with E-state index in [0.717, 1.165) is 11.1 Å². The first-order valence-electron chi connectivity index (χ1n) is 10.4. The summed E-state index contributed by atoms with van der Waals surface area (Å²) in [5.41, 5.74) is 1.71. The van der Waals surface area contributed by atoms with E-state index in [1.165, 1.54) is 35.7 Å². The molecule has 1 saturated heterocycles. The molecule has 0 atom stereocenters. The van der Waals surface area contributed by atoms with Crippen molar-refractivity contribution in [3.8, 4) is 5.75 Å². The fourth-order valence-electron chi connectivity index (χ4n) is 4.10. The van der Waals surface area contributed by atoms with Gasteiger partial charge in [-0.1, -0.05) is 40.2 Å². The third kappa shape index (κ3) is 5.11. The average molecular weight is 537 g/mol. The molecule has 1 aliphatic rings. The number of hydrogen-bond acceptors (Lipinski definition) is 4. The Morgan fingerprint density at radius 3 is 1.85 bits per heavy atom. The Labute approximate surface area is 200 Å². The van der Waals surface area contributed by atoms with E-state index in [0.29, 0.717) is 17.6 Å². The summed E-state index contributed by atoms with van der Waals surface area (Å²) in [6.07, 6.45) is 0. The average Bonchev–Trinajstić information content (AvgIpc) is 2.82. The lowest BCUT2D eigenvalue weighted by molar-refractivity contribution is 0.155. The second-order valence-electron chi connectivity index (χ2n) is 7.74. The normalized spacial score (nSPS) is 15.7. The van der Waals surface area contributed by atoms with E-state index in [2.05, 4.69) is 20.8 Å². The lowest BCUT2D eigenvalue weighted by Crippen LogP contribution is -2.49. The van der Waals surface area contributed by atoms with Crippen molar-refractivity contribution >= 4 is 26.0 Å². The lowest BCUT2D eigenvalue weighted by Gasteiger charge is -2.39. The van der Waals surface area contributed by atoms with Crippen molar-refractivity contribution in [1.82, 2.24) is 9.21 Å². The van der Waals surface area contributed by atoms with Crippen LogP contribution < -0.4 is 4.74 Å². The smallest absolute Gasteiger partial charge is 0.246 e. The minimum atomic E-state index is -3.76. The molecule has 4 rings (SSSR count). The zero-order valence-corrected chi connectivity index (χ0v) is 20.3. The van der Waals surface area contributed by atoms with E-state index >= 15 is 0 Å². The van der Waals surface area contributed by atoms with Crippen LogP contribution in [-0.4, -0.2) is 50.9 Å². The molecule has 9 heteroatoms. The standard InChI is InChI=1S/C24H23BrF2N2O3S/c1-32-22-11-6-19(25)16-23(22)33(30,31)29-14-12-28(13-15-29)24(17-2-7-20(26)8-3-17)18-4-9-21(27)10-5-18/h2-11,16,24H,12-15H2,1H3. The maximum absolute atomic E-state index is 13.5. The molecule has 0 N–H and O–H groups in total. The first kappa shape index (κ1) is 23.8. The van der Waals surface area contributed by atoms with Gasteiger partial charge in [0.15, 0.2) is 0 Å². The number of rotatable bonds is 6. The minimum Gasteiger partial charge on any atom is -0.495 e. The number of nitrogens with zero attached hydrogens (tertiary/aromatic N) is 2. The number of ether oxygens (including phenoxy) is 1. The molecule has 3 aromatic rings. The Hall–Kier alpha value is -2.33. The van der Waals surface area contributed by atoms with Crippen LogP contribution in [0.15, 0.2) is 76.1 Å². The quantitative estimate of drug-likeness (QED) is 0.452. The molecule has 174 valence electrons. The second kappa shape index (κ2) is 9.89. The van der Waals surface area contributed by atoms with Gasteiger partial charge in [-0.2, -0.15) is 4.31 Å². The van der Waals surface area contributed by atoms with E-state index in [9.17, 15) is 17.2 Å². The van der Waals surface area contributed by atoms with Crippen LogP contribution in [0.2, 0.25) is 0 Å². The predicted molar refractivity (Wildman–Crippen MR) is 126 cm³/mol. The van der Waals surface area contributed by atoms with Crippen molar-refractivity contribution in [2.75, 3.05) is 33.3 Å². The number of hydrogen-bond donors (Lipinski definition) is 0. The van der Waals surface area contributed by atoms with Crippen LogP contribution in [0.5, 0.6) is 5.75 Å². The van der Waals surface area contributed by atoms with Gasteiger partial charge in [0.1, 0.15) is 22.3 Å². The van der Waals surface area contributed by atoms with Crippen LogP contribution in [0.4, 0.5) is 8.78 Å². The molecular formula is C24H23BrF2N2O3S. The third-order valence-electron chi connectivity index (χ3n) is 5.75. The maximum Gasteiger partial charge on any atom is 0.246 e. The second-order valence-corrected chi connectivity index (χ2v) is 10.6. The van der Waals surface area contributed by atoms with E-state index in [1.54, 1.807) is 42.5 Å². The van der Waals surface area contributed by atoms with Gasteiger partial charge in [-0.3, -0.25) is 4.90 Å². The lowest BCUT2D eigenvalue weighted by atomic mass is 9.96. The molecule has 0 amide bonds. The highest BCUT2D eigenvalue weighted by molar-refractivity contribution is 9.10. The van der Waals surface area contributed by atoms with Gasteiger partial charge in [-0.25, -0.2) is 17.2 Å². The molecule has 0 saturated carbocycles. The number of piperazine rings is 1. The summed E-state index contributed by atoms with van der Waals surface area (Å²) in [4.78, 5) is 2.24. The van der Waals surface area contributed by atoms with Gasteiger partial charge in [0.05, 0.1) is 13.2 Å². The minimum absolute atomic E-state index is 0.112. The highest BCUT2D eigenvalue weighted by Crippen LogP contribution is 2.33. The highest BCUT2D eigenvalue weighted by Gasteiger charge is 2.34. The Balaban J connectivity index is 1.59. The van der Waals surface area contributed by atoms with E-state index in [1.807, 2.05) is 0 Å². The molecule has 1 heterocycles. The van der Waals surface area contributed by atoms with Gasteiger partial charge < -0.3 is 4.74 Å². The molecule has 1 aliphatic heterocycles. The Kier molecular flexibility index (Phi) is 7.13. The fourth-order valence-corrected chi connectivity index (χ4v) is 6.21. The van der Waals surface area contributed by atoms with Crippen LogP contribution in [0.1, 0.15) is 17.2 Å². The molecular weight excluding hydrogens is 514 g/mol. The third-order valence-corrected chi connectivity index (χ3v) is 8.17. The molecule has 5 nitrogen and oxygen atoms in total. The van der Waals surface area contributed by atoms with E-state index in [4.69, 9.17) is 4.74 Å². The summed E-state index contributed by atoms with van der Waals surface area (Å²) >= 11 is 3.33. The highest BCUT2D eigenvalue weighted by atomic mass is 79.9. The Morgan fingerprint density at radius 2 is 1.36 bits per heavy atom. The van der Waals surface area contributed by atoms with Gasteiger partial charge in [0.25, 0.3) is 0 Å². The van der Waals surface area contributed by atoms with Crippen molar-refractivity contribution < 1.29 is 21.9 Å². The van der Waals surface area contributed by atoms with Gasteiger partial charge >= 0.3 is 0 Å². The molecule has 0 bridgehead atoms. The molecule has 0 unspecified atom stereocenters. The molecule has 1 fully saturated rings. The first-order valence-corrected chi connectivity index (χ1v) is 12.6. The van der Waals surface area contributed by atoms with Gasteiger partial charge in [0, 0.05) is 30.7 Å². The van der Waals surface area contributed by atoms with Gasteiger partial charge in [-0.15, -0.1) is 0 Å². The molecule has 0 radical (unpaired) electrons. The summed E-state index contributed by atoms with van der Waals surface area (Å²) in [5.74, 6) is -0.387. The van der Waals surface area contributed by atoms with Crippen LogP contribution in [-0.2, 0) is 10.0 Å². The SMILES string of the molecule is COc1ccc(Br)cc1S(=O)(=O)N1CCN(C(c2ccc(F)cc2)c2ccc(F)cc2)CC1.